The number of carbonyl (C=O) groups excluding carboxylic acids is 1. The summed E-state index contributed by atoms with van der Waals surface area (Å²) >= 11 is 0. The largest absolute Gasteiger partial charge is 0.341 e. The summed E-state index contributed by atoms with van der Waals surface area (Å²) in [5.41, 5.74) is 0. The molecular weight excluding hydrogens is 204 g/mol. The van der Waals surface area contributed by atoms with E-state index in [4.69, 9.17) is 0 Å². The van der Waals surface area contributed by atoms with Gasteiger partial charge in [-0.05, 0) is 24.7 Å². The van der Waals surface area contributed by atoms with Gasteiger partial charge in [0.15, 0.2) is 0 Å². The third kappa shape index (κ3) is 1.70. The molecule has 1 aromatic heterocycles. The molecule has 1 saturated carbocycles. The molecule has 2 heterocycles. The molecule has 2 aliphatic rings. The van der Waals surface area contributed by atoms with Gasteiger partial charge in [-0.2, -0.15) is 5.10 Å². The van der Waals surface area contributed by atoms with Crippen LogP contribution in [-0.4, -0.2) is 38.7 Å². The third-order valence-corrected chi connectivity index (χ3v) is 3.84. The van der Waals surface area contributed by atoms with E-state index in [2.05, 4.69) is 10.1 Å². The zero-order valence-electron chi connectivity index (χ0n) is 9.25. The third-order valence-electron chi connectivity index (χ3n) is 3.84. The summed E-state index contributed by atoms with van der Waals surface area (Å²) in [5, 5.41) is 3.96. The Morgan fingerprint density at radius 2 is 2.06 bits per heavy atom. The van der Waals surface area contributed by atoms with Crippen LogP contribution in [0.4, 0.5) is 0 Å². The number of hydrogen-bond acceptors (Lipinski definition) is 3. The van der Waals surface area contributed by atoms with E-state index >= 15 is 0 Å². The van der Waals surface area contributed by atoms with Crippen molar-refractivity contribution in [3.05, 3.63) is 12.7 Å². The van der Waals surface area contributed by atoms with Crippen LogP contribution in [0.25, 0.3) is 0 Å². The number of carbonyl (C=O) groups is 1. The molecule has 0 radical (unpaired) electrons. The van der Waals surface area contributed by atoms with Gasteiger partial charge in [-0.25, -0.2) is 9.67 Å². The smallest absolute Gasteiger partial charge is 0.244 e. The Labute approximate surface area is 94.5 Å². The number of aromatic nitrogens is 3. The second-order valence-electron chi connectivity index (χ2n) is 4.84. The van der Waals surface area contributed by atoms with Gasteiger partial charge in [0, 0.05) is 13.1 Å². The van der Waals surface area contributed by atoms with Crippen LogP contribution in [0.1, 0.15) is 19.3 Å². The van der Waals surface area contributed by atoms with Crippen LogP contribution >= 0.6 is 0 Å². The van der Waals surface area contributed by atoms with E-state index in [9.17, 15) is 4.79 Å². The molecule has 2 atom stereocenters. The van der Waals surface area contributed by atoms with Gasteiger partial charge >= 0.3 is 0 Å². The molecule has 86 valence electrons. The maximum atomic E-state index is 12.0. The van der Waals surface area contributed by atoms with Crippen LogP contribution in [0.3, 0.4) is 0 Å². The first-order valence-electron chi connectivity index (χ1n) is 5.93. The highest BCUT2D eigenvalue weighted by Crippen LogP contribution is 2.37. The van der Waals surface area contributed by atoms with E-state index < -0.39 is 0 Å². The Balaban J connectivity index is 1.60. The summed E-state index contributed by atoms with van der Waals surface area (Å²) in [6, 6.07) is 0. The van der Waals surface area contributed by atoms with E-state index in [-0.39, 0.29) is 5.91 Å². The lowest BCUT2D eigenvalue weighted by Gasteiger charge is -2.16. The number of rotatable bonds is 2. The summed E-state index contributed by atoms with van der Waals surface area (Å²) < 4.78 is 1.59. The van der Waals surface area contributed by atoms with Crippen molar-refractivity contribution in [2.45, 2.75) is 25.8 Å². The fourth-order valence-corrected chi connectivity index (χ4v) is 2.99. The molecule has 0 aromatic carbocycles. The second kappa shape index (κ2) is 3.88. The van der Waals surface area contributed by atoms with Crippen molar-refractivity contribution >= 4 is 5.91 Å². The highest BCUT2D eigenvalue weighted by molar-refractivity contribution is 5.76. The molecule has 16 heavy (non-hydrogen) atoms. The number of nitrogens with zero attached hydrogens (tertiary/aromatic N) is 4. The van der Waals surface area contributed by atoms with Crippen molar-refractivity contribution in [2.75, 3.05) is 13.1 Å². The average molecular weight is 220 g/mol. The van der Waals surface area contributed by atoms with Gasteiger partial charge in [-0.1, -0.05) is 6.42 Å². The van der Waals surface area contributed by atoms with Crippen molar-refractivity contribution in [1.29, 1.82) is 0 Å². The van der Waals surface area contributed by atoms with Gasteiger partial charge in [0.1, 0.15) is 19.2 Å². The zero-order valence-corrected chi connectivity index (χ0v) is 9.25. The minimum absolute atomic E-state index is 0.180. The van der Waals surface area contributed by atoms with Crippen LogP contribution in [0, 0.1) is 11.8 Å². The summed E-state index contributed by atoms with van der Waals surface area (Å²) in [7, 11) is 0. The minimum Gasteiger partial charge on any atom is -0.341 e. The van der Waals surface area contributed by atoms with Crippen LogP contribution < -0.4 is 0 Å². The van der Waals surface area contributed by atoms with Crippen molar-refractivity contribution in [3.8, 4) is 0 Å². The Morgan fingerprint density at radius 3 is 2.69 bits per heavy atom. The first-order chi connectivity index (χ1) is 7.83. The van der Waals surface area contributed by atoms with E-state index in [1.807, 2.05) is 4.90 Å². The van der Waals surface area contributed by atoms with Crippen molar-refractivity contribution in [2.24, 2.45) is 11.8 Å². The number of fused-ring (bicyclic) bond motifs is 1. The first kappa shape index (κ1) is 9.81. The lowest BCUT2D eigenvalue weighted by Crippen LogP contribution is -2.32. The molecule has 0 bridgehead atoms. The Hall–Kier alpha value is -1.39. The van der Waals surface area contributed by atoms with Gasteiger partial charge in [0.25, 0.3) is 0 Å². The highest BCUT2D eigenvalue weighted by Gasteiger charge is 2.37. The first-order valence-corrected chi connectivity index (χ1v) is 5.93. The Morgan fingerprint density at radius 1 is 1.31 bits per heavy atom. The molecule has 0 spiro atoms. The average Bonchev–Trinajstić information content (AvgIpc) is 2.91. The summed E-state index contributed by atoms with van der Waals surface area (Å²) in [6.07, 6.45) is 7.01. The monoisotopic (exact) mass is 220 g/mol. The Kier molecular flexibility index (Phi) is 2.38. The lowest BCUT2D eigenvalue weighted by atomic mass is 10.0. The molecule has 0 N–H and O–H groups in total. The molecular formula is C11H16N4O. The van der Waals surface area contributed by atoms with E-state index in [0.29, 0.717) is 6.54 Å². The van der Waals surface area contributed by atoms with Crippen LogP contribution in [0.5, 0.6) is 0 Å². The second-order valence-corrected chi connectivity index (χ2v) is 4.84. The fourth-order valence-electron chi connectivity index (χ4n) is 2.99. The molecule has 3 rings (SSSR count). The van der Waals surface area contributed by atoms with E-state index in [0.717, 1.165) is 24.9 Å². The molecule has 1 aliphatic heterocycles. The van der Waals surface area contributed by atoms with E-state index in [1.165, 1.54) is 25.6 Å². The summed E-state index contributed by atoms with van der Waals surface area (Å²) in [5.74, 6) is 1.71. The van der Waals surface area contributed by atoms with Gasteiger partial charge in [-0.15, -0.1) is 0 Å². The fraction of sp³-hybridized carbons (Fsp3) is 0.727. The van der Waals surface area contributed by atoms with Gasteiger partial charge in [-0.3, -0.25) is 4.79 Å². The molecule has 2 fully saturated rings. The van der Waals surface area contributed by atoms with Crippen molar-refractivity contribution in [1.82, 2.24) is 19.7 Å². The van der Waals surface area contributed by atoms with Gasteiger partial charge in [0.2, 0.25) is 5.91 Å². The lowest BCUT2D eigenvalue weighted by molar-refractivity contribution is -0.131. The predicted molar refractivity (Wildman–Crippen MR) is 57.4 cm³/mol. The standard InChI is InChI=1S/C11H16N4O/c16-11(6-15-8-12-7-13-15)14-4-9-2-1-3-10(9)5-14/h7-10H,1-6H2. The zero-order chi connectivity index (χ0) is 11.0. The molecule has 2 unspecified atom stereocenters. The van der Waals surface area contributed by atoms with Crippen LogP contribution in [-0.2, 0) is 11.3 Å². The molecule has 1 saturated heterocycles. The number of hydrogen-bond donors (Lipinski definition) is 0. The van der Waals surface area contributed by atoms with Crippen molar-refractivity contribution in [3.63, 3.8) is 0 Å². The normalized spacial score (nSPS) is 28.4. The van der Waals surface area contributed by atoms with Crippen molar-refractivity contribution < 1.29 is 4.79 Å². The molecule has 5 heteroatoms. The quantitative estimate of drug-likeness (QED) is 0.730. The highest BCUT2D eigenvalue weighted by atomic mass is 16.2. The summed E-state index contributed by atoms with van der Waals surface area (Å²) in [4.78, 5) is 17.8. The predicted octanol–water partition coefficient (Wildman–Crippen LogP) is 0.537. The number of amides is 1. The van der Waals surface area contributed by atoms with Crippen LogP contribution in [0.2, 0.25) is 0 Å². The SMILES string of the molecule is O=C(Cn1cncn1)N1CC2CCCC2C1. The Bertz CT molecular complexity index is 363. The molecule has 1 amide bonds. The van der Waals surface area contributed by atoms with Crippen LogP contribution in [0.15, 0.2) is 12.7 Å². The molecule has 5 nitrogen and oxygen atoms in total. The molecule has 1 aromatic rings. The molecule has 1 aliphatic carbocycles. The number of likely N-dealkylation sites (tertiary alicyclic amines) is 1. The van der Waals surface area contributed by atoms with E-state index in [1.54, 1.807) is 11.0 Å². The summed E-state index contributed by atoms with van der Waals surface area (Å²) in [6.45, 7) is 2.25. The minimum atomic E-state index is 0.180. The maximum Gasteiger partial charge on any atom is 0.244 e. The maximum absolute atomic E-state index is 12.0. The topological polar surface area (TPSA) is 51.0 Å². The van der Waals surface area contributed by atoms with Gasteiger partial charge < -0.3 is 4.90 Å². The van der Waals surface area contributed by atoms with Gasteiger partial charge in [0.05, 0.1) is 0 Å².